The van der Waals surface area contributed by atoms with Gasteiger partial charge < -0.3 is 4.84 Å². The maximum Gasteiger partial charge on any atom is 0.275 e. The molecule has 1 aromatic rings. The van der Waals surface area contributed by atoms with E-state index in [1.807, 2.05) is 0 Å². The van der Waals surface area contributed by atoms with E-state index in [2.05, 4.69) is 15.9 Å². The van der Waals surface area contributed by atoms with Crippen molar-refractivity contribution < 1.29 is 4.84 Å². The van der Waals surface area contributed by atoms with Crippen LogP contribution in [0.4, 0.5) is 5.69 Å². The Kier molecular flexibility index (Phi) is 1.31. The Morgan fingerprint density at radius 3 is 2.20 bits per heavy atom. The van der Waals surface area contributed by atoms with Crippen molar-refractivity contribution in [3.8, 4) is 5.75 Å². The minimum absolute atomic E-state index is 0.458. The van der Waals surface area contributed by atoms with Gasteiger partial charge >= 0.3 is 0 Å². The maximum atomic E-state index is 10.4. The molecular formula is C4H2N2O4. The Labute approximate surface area is 53.8 Å². The van der Waals surface area contributed by atoms with Crippen molar-refractivity contribution >= 4 is 5.69 Å². The van der Waals surface area contributed by atoms with Gasteiger partial charge in [-0.25, -0.2) is 0 Å². The molecule has 6 heteroatoms. The molecule has 0 heterocycles. The van der Waals surface area contributed by atoms with Crippen LogP contribution in [0.1, 0.15) is 0 Å². The molecule has 0 fully saturated rings. The molecule has 6 nitrogen and oxygen atoms in total. The third-order valence-electron chi connectivity index (χ3n) is 1.05. The summed E-state index contributed by atoms with van der Waals surface area (Å²) in [5.74, 6) is 4.06. The van der Waals surface area contributed by atoms with E-state index >= 15 is 0 Å². The van der Waals surface area contributed by atoms with Gasteiger partial charge in [0, 0.05) is 0 Å². The second-order valence-corrected chi connectivity index (χ2v) is 1.55. The minimum Gasteiger partial charge on any atom is -0.405 e. The number of nitroso groups, excluding NO2 is 1. The molecule has 0 aliphatic carbocycles. The zero-order chi connectivity index (χ0) is 7.72. The molecule has 10 heavy (non-hydrogen) atoms. The molecule has 0 spiro atoms. The summed E-state index contributed by atoms with van der Waals surface area (Å²) < 4.78 is 0. The highest BCUT2D eigenvalue weighted by atomic mass is 16.6. The van der Waals surface area contributed by atoms with Crippen LogP contribution in [0.2, 0.25) is 0 Å². The maximum absolute atomic E-state index is 10.4. The summed E-state index contributed by atoms with van der Waals surface area (Å²) in [6, 6.07) is 0. The molecular weight excluding hydrogens is 140 g/mol. The van der Waals surface area contributed by atoms with Gasteiger partial charge in [-0.3, -0.25) is 9.59 Å². The van der Waals surface area contributed by atoms with Gasteiger partial charge in [0.2, 0.25) is 11.4 Å². The first-order valence-electron chi connectivity index (χ1n) is 2.25. The zero-order valence-electron chi connectivity index (χ0n) is 4.66. The van der Waals surface area contributed by atoms with Crippen LogP contribution < -0.4 is 21.6 Å². The van der Waals surface area contributed by atoms with Crippen molar-refractivity contribution in [2.45, 2.75) is 0 Å². The summed E-state index contributed by atoms with van der Waals surface area (Å²) in [7, 11) is 0. The van der Waals surface area contributed by atoms with Gasteiger partial charge in [-0.2, -0.15) is 5.90 Å². The third kappa shape index (κ3) is 0.560. The molecule has 1 aromatic carbocycles. The molecule has 0 saturated carbocycles. The molecule has 0 unspecified atom stereocenters. The first-order valence-corrected chi connectivity index (χ1v) is 2.25. The molecule has 1 rings (SSSR count). The number of rotatable bonds is 2. The van der Waals surface area contributed by atoms with Crippen molar-refractivity contribution in [3.63, 3.8) is 0 Å². The van der Waals surface area contributed by atoms with E-state index in [9.17, 15) is 14.5 Å². The fraction of sp³-hybridized carbons (Fsp3) is 0. The smallest absolute Gasteiger partial charge is 0.275 e. The largest absolute Gasteiger partial charge is 0.405 e. The van der Waals surface area contributed by atoms with E-state index in [-0.39, 0.29) is 0 Å². The molecule has 0 aromatic heterocycles. The molecule has 2 N–H and O–H groups in total. The summed E-state index contributed by atoms with van der Waals surface area (Å²) in [5, 5.41) is 2.23. The Balaban J connectivity index is 3.29. The Morgan fingerprint density at radius 2 is 1.90 bits per heavy atom. The van der Waals surface area contributed by atoms with Crippen LogP contribution in [0.25, 0.3) is 0 Å². The number of nitrogens with zero attached hydrogens (tertiary/aromatic N) is 1. The van der Waals surface area contributed by atoms with Gasteiger partial charge in [0.15, 0.2) is 0 Å². The lowest BCUT2D eigenvalue weighted by Crippen LogP contribution is -2.33. The van der Waals surface area contributed by atoms with E-state index in [1.54, 1.807) is 0 Å². The zero-order valence-corrected chi connectivity index (χ0v) is 4.66. The van der Waals surface area contributed by atoms with Crippen LogP contribution in [0, 0.1) is 4.91 Å². The predicted octanol–water partition coefficient (Wildman–Crippen LogP) is -1.07. The van der Waals surface area contributed by atoms with Gasteiger partial charge in [-0.15, -0.1) is 4.91 Å². The van der Waals surface area contributed by atoms with Crippen LogP contribution in [0.3, 0.4) is 0 Å². The monoisotopic (exact) mass is 142 g/mol. The Morgan fingerprint density at radius 1 is 1.30 bits per heavy atom. The van der Waals surface area contributed by atoms with Gasteiger partial charge in [0.05, 0.1) is 0 Å². The van der Waals surface area contributed by atoms with E-state index in [0.717, 1.165) is 0 Å². The van der Waals surface area contributed by atoms with Crippen molar-refractivity contribution in [1.82, 2.24) is 0 Å². The summed E-state index contributed by atoms with van der Waals surface area (Å²) >= 11 is 0. The second kappa shape index (κ2) is 1.99. The fourth-order valence-corrected chi connectivity index (χ4v) is 0.551. The Hall–Kier alpha value is -1.56. The van der Waals surface area contributed by atoms with Crippen molar-refractivity contribution in [3.05, 3.63) is 25.4 Å². The van der Waals surface area contributed by atoms with Gasteiger partial charge in [-0.1, -0.05) is 0 Å². The first kappa shape index (κ1) is 6.56. The fourth-order valence-electron chi connectivity index (χ4n) is 0.551. The summed E-state index contributed by atoms with van der Waals surface area (Å²) in [5.41, 5.74) is -2.39. The van der Waals surface area contributed by atoms with Crippen molar-refractivity contribution in [2.24, 2.45) is 11.1 Å². The highest BCUT2D eigenvalue weighted by molar-refractivity contribution is 5.56. The third-order valence-corrected chi connectivity index (χ3v) is 1.05. The van der Waals surface area contributed by atoms with E-state index in [1.165, 1.54) is 0 Å². The highest BCUT2D eigenvalue weighted by Crippen LogP contribution is 2.17. The predicted molar refractivity (Wildman–Crippen MR) is 31.6 cm³/mol. The molecule has 0 amide bonds. The molecule has 52 valence electrons. The number of hydrogen-bond donors (Lipinski definition) is 1. The molecule has 0 radical (unpaired) electrons. The van der Waals surface area contributed by atoms with Gasteiger partial charge in [0.1, 0.15) is 0 Å². The average Bonchev–Trinajstić information content (AvgIpc) is 1.97. The van der Waals surface area contributed by atoms with Gasteiger partial charge in [0.25, 0.3) is 10.9 Å². The lowest BCUT2D eigenvalue weighted by molar-refractivity contribution is 0.328. The van der Waals surface area contributed by atoms with E-state index in [0.29, 0.717) is 0 Å². The van der Waals surface area contributed by atoms with Crippen molar-refractivity contribution in [1.29, 1.82) is 0 Å². The first-order chi connectivity index (χ1) is 4.72. The number of hydrogen-bond acceptors (Lipinski definition) is 6. The molecule has 0 aliphatic heterocycles. The summed E-state index contributed by atoms with van der Waals surface area (Å²) in [6.07, 6.45) is 0. The topological polar surface area (TPSA) is 98.8 Å². The summed E-state index contributed by atoms with van der Waals surface area (Å²) in [4.78, 5) is 34.3. The molecule has 0 aliphatic rings. The quantitative estimate of drug-likeness (QED) is 0.322. The van der Waals surface area contributed by atoms with E-state index in [4.69, 9.17) is 0 Å². The standard InChI is InChI=1S/C4H2N2O4/c5-10-4-1(6-9)2(7)3(4)8/h5H2. The highest BCUT2D eigenvalue weighted by Gasteiger charge is 2.22. The molecule has 0 saturated heterocycles. The van der Waals surface area contributed by atoms with Crippen LogP contribution in [0.5, 0.6) is 5.75 Å². The lowest BCUT2D eigenvalue weighted by atomic mass is 10.2. The van der Waals surface area contributed by atoms with Crippen LogP contribution >= 0.6 is 0 Å². The molecule has 0 atom stereocenters. The lowest BCUT2D eigenvalue weighted by Gasteiger charge is -1.98. The normalized spacial score (nSPS) is 9.70. The van der Waals surface area contributed by atoms with Crippen molar-refractivity contribution in [2.75, 3.05) is 0 Å². The van der Waals surface area contributed by atoms with Crippen LogP contribution in [0.15, 0.2) is 14.8 Å². The van der Waals surface area contributed by atoms with Crippen LogP contribution in [-0.2, 0) is 0 Å². The molecule has 0 bridgehead atoms. The minimum atomic E-state index is -0.949. The number of nitrogens with two attached hydrogens (primary N) is 1. The SMILES string of the molecule is NOc1c(N=O)c(=O)c1=O. The summed E-state index contributed by atoms with van der Waals surface area (Å²) in [6.45, 7) is 0. The van der Waals surface area contributed by atoms with Crippen LogP contribution in [-0.4, -0.2) is 0 Å². The van der Waals surface area contributed by atoms with Gasteiger partial charge in [-0.05, 0) is 5.18 Å². The Bertz CT molecular complexity index is 335. The van der Waals surface area contributed by atoms with E-state index < -0.39 is 22.3 Å². The average molecular weight is 142 g/mol. The second-order valence-electron chi connectivity index (χ2n) is 1.55.